The van der Waals surface area contributed by atoms with E-state index >= 15 is 0 Å². The van der Waals surface area contributed by atoms with Gasteiger partial charge in [-0.2, -0.15) is 0 Å². The van der Waals surface area contributed by atoms with Crippen LogP contribution in [0.1, 0.15) is 18.1 Å². The number of aliphatic imine (C=N–C) groups is 1. The lowest BCUT2D eigenvalue weighted by Crippen LogP contribution is -2.15. The summed E-state index contributed by atoms with van der Waals surface area (Å²) < 4.78 is 15.6. The van der Waals surface area contributed by atoms with Crippen LogP contribution in [0.5, 0.6) is 11.5 Å². The Morgan fingerprint density at radius 1 is 1.24 bits per heavy atom. The van der Waals surface area contributed by atoms with Crippen molar-refractivity contribution in [3.63, 3.8) is 0 Å². The molecule has 2 N–H and O–H groups in total. The van der Waals surface area contributed by atoms with E-state index in [9.17, 15) is 0 Å². The number of rotatable bonds is 7. The van der Waals surface area contributed by atoms with Gasteiger partial charge in [0.2, 0.25) is 0 Å². The van der Waals surface area contributed by atoms with Crippen LogP contribution in [0, 0.1) is 6.92 Å². The Labute approximate surface area is 130 Å². The highest BCUT2D eigenvalue weighted by molar-refractivity contribution is 8.13. The molecular formula is C15H24N2O3S. The monoisotopic (exact) mass is 312 g/mol. The van der Waals surface area contributed by atoms with E-state index in [0.717, 1.165) is 28.4 Å². The molecule has 1 rings (SSSR count). The van der Waals surface area contributed by atoms with Gasteiger partial charge in [0, 0.05) is 12.9 Å². The molecule has 1 atom stereocenters. The molecule has 0 aliphatic carbocycles. The molecular weight excluding hydrogens is 288 g/mol. The van der Waals surface area contributed by atoms with Crippen LogP contribution < -0.4 is 15.2 Å². The van der Waals surface area contributed by atoms with Crippen molar-refractivity contribution in [1.29, 1.82) is 0 Å². The molecule has 0 saturated carbocycles. The molecule has 0 radical (unpaired) electrons. The molecule has 0 aromatic heterocycles. The summed E-state index contributed by atoms with van der Waals surface area (Å²) in [5, 5.41) is 0.564. The fourth-order valence-electron chi connectivity index (χ4n) is 1.86. The molecule has 0 fully saturated rings. The highest BCUT2D eigenvalue weighted by atomic mass is 32.2. The molecule has 0 amide bonds. The molecule has 5 nitrogen and oxygen atoms in total. The zero-order chi connectivity index (χ0) is 15.8. The van der Waals surface area contributed by atoms with Crippen LogP contribution in [0.25, 0.3) is 0 Å². The Bertz CT molecular complexity index is 492. The summed E-state index contributed by atoms with van der Waals surface area (Å²) in [6.45, 7) is 4.58. The van der Waals surface area contributed by atoms with E-state index in [-0.39, 0.29) is 6.04 Å². The van der Waals surface area contributed by atoms with Gasteiger partial charge in [-0.25, -0.2) is 0 Å². The predicted octanol–water partition coefficient (Wildman–Crippen LogP) is 2.60. The normalized spacial score (nSPS) is 13.1. The van der Waals surface area contributed by atoms with Crippen molar-refractivity contribution < 1.29 is 14.2 Å². The summed E-state index contributed by atoms with van der Waals surface area (Å²) in [4.78, 5) is 4.36. The van der Waals surface area contributed by atoms with Crippen molar-refractivity contribution in [3.05, 3.63) is 23.3 Å². The third kappa shape index (κ3) is 5.47. The van der Waals surface area contributed by atoms with Crippen molar-refractivity contribution in [1.82, 2.24) is 0 Å². The lowest BCUT2D eigenvalue weighted by molar-refractivity contribution is 0.186. The Kier molecular flexibility index (Phi) is 7.39. The van der Waals surface area contributed by atoms with E-state index in [1.165, 1.54) is 11.8 Å². The van der Waals surface area contributed by atoms with Gasteiger partial charge >= 0.3 is 0 Å². The quantitative estimate of drug-likeness (QED) is 0.619. The maximum absolute atomic E-state index is 5.93. The van der Waals surface area contributed by atoms with Crippen LogP contribution in [0.4, 0.5) is 0 Å². The summed E-state index contributed by atoms with van der Waals surface area (Å²) in [6.07, 6.45) is 0. The van der Waals surface area contributed by atoms with Crippen LogP contribution >= 0.6 is 11.8 Å². The number of nitrogens with two attached hydrogens (primary N) is 1. The van der Waals surface area contributed by atoms with Gasteiger partial charge in [0.15, 0.2) is 16.7 Å². The van der Waals surface area contributed by atoms with E-state index in [1.54, 1.807) is 21.3 Å². The van der Waals surface area contributed by atoms with Gasteiger partial charge in [-0.3, -0.25) is 4.99 Å². The summed E-state index contributed by atoms with van der Waals surface area (Å²) >= 11 is 1.51. The first kappa shape index (κ1) is 17.7. The van der Waals surface area contributed by atoms with Crippen molar-refractivity contribution in [3.8, 4) is 11.5 Å². The number of amidine groups is 1. The topological polar surface area (TPSA) is 66.1 Å². The van der Waals surface area contributed by atoms with E-state index in [1.807, 2.05) is 26.0 Å². The Morgan fingerprint density at radius 2 is 1.86 bits per heavy atom. The Morgan fingerprint density at radius 3 is 2.43 bits per heavy atom. The molecule has 6 heteroatoms. The molecule has 0 saturated heterocycles. The second kappa shape index (κ2) is 8.79. The fraction of sp³-hybridized carbons (Fsp3) is 0.533. The maximum atomic E-state index is 5.93. The van der Waals surface area contributed by atoms with Crippen molar-refractivity contribution in [2.75, 3.05) is 27.9 Å². The van der Waals surface area contributed by atoms with E-state index < -0.39 is 0 Å². The zero-order valence-corrected chi connectivity index (χ0v) is 14.1. The summed E-state index contributed by atoms with van der Waals surface area (Å²) in [6, 6.07) is 4.01. The van der Waals surface area contributed by atoms with Crippen LogP contribution in [-0.2, 0) is 10.5 Å². The molecule has 0 bridgehead atoms. The van der Waals surface area contributed by atoms with Crippen LogP contribution in [0.2, 0.25) is 0 Å². The molecule has 0 aliphatic rings. The number of hydrogen-bond acceptors (Lipinski definition) is 5. The minimum Gasteiger partial charge on any atom is -0.493 e. The van der Waals surface area contributed by atoms with E-state index in [0.29, 0.717) is 11.8 Å². The number of methoxy groups -OCH3 is 3. The number of hydrogen-bond donors (Lipinski definition) is 1. The predicted molar refractivity (Wildman–Crippen MR) is 88.5 cm³/mol. The molecule has 118 valence electrons. The van der Waals surface area contributed by atoms with Crippen LogP contribution in [0.15, 0.2) is 17.1 Å². The first-order valence-electron chi connectivity index (χ1n) is 6.68. The second-order valence-corrected chi connectivity index (χ2v) is 5.69. The largest absolute Gasteiger partial charge is 0.493 e. The number of thioether (sulfide) groups is 1. The summed E-state index contributed by atoms with van der Waals surface area (Å²) in [7, 11) is 4.92. The van der Waals surface area contributed by atoms with Gasteiger partial charge in [0.05, 0.1) is 26.9 Å². The summed E-state index contributed by atoms with van der Waals surface area (Å²) in [5.74, 6) is 2.20. The maximum Gasteiger partial charge on any atom is 0.161 e. The van der Waals surface area contributed by atoms with Crippen LogP contribution in [-0.4, -0.2) is 39.1 Å². The fourth-order valence-corrected chi connectivity index (χ4v) is 2.73. The van der Waals surface area contributed by atoms with Gasteiger partial charge in [-0.1, -0.05) is 11.8 Å². The van der Waals surface area contributed by atoms with Gasteiger partial charge in [0.25, 0.3) is 0 Å². The number of aryl methyl sites for hydroxylation is 1. The third-order valence-electron chi connectivity index (χ3n) is 2.97. The van der Waals surface area contributed by atoms with Crippen molar-refractivity contribution >= 4 is 16.9 Å². The Hall–Kier alpha value is -1.40. The zero-order valence-electron chi connectivity index (χ0n) is 13.3. The van der Waals surface area contributed by atoms with Gasteiger partial charge in [0.1, 0.15) is 0 Å². The second-order valence-electron chi connectivity index (χ2n) is 4.69. The minimum atomic E-state index is 0.0639. The van der Waals surface area contributed by atoms with Crippen molar-refractivity contribution in [2.24, 2.45) is 10.7 Å². The van der Waals surface area contributed by atoms with Crippen LogP contribution in [0.3, 0.4) is 0 Å². The molecule has 0 spiro atoms. The molecule has 0 aliphatic heterocycles. The molecule has 0 heterocycles. The molecule has 1 aromatic carbocycles. The number of ether oxygens (including phenoxy) is 3. The lowest BCUT2D eigenvalue weighted by atomic mass is 10.1. The summed E-state index contributed by atoms with van der Waals surface area (Å²) in [5.41, 5.74) is 8.22. The first-order valence-corrected chi connectivity index (χ1v) is 7.66. The smallest absolute Gasteiger partial charge is 0.161 e. The molecule has 21 heavy (non-hydrogen) atoms. The lowest BCUT2D eigenvalue weighted by Gasteiger charge is -2.13. The average molecular weight is 312 g/mol. The highest BCUT2D eigenvalue weighted by Gasteiger charge is 2.09. The third-order valence-corrected chi connectivity index (χ3v) is 3.83. The highest BCUT2D eigenvalue weighted by Crippen LogP contribution is 2.31. The van der Waals surface area contributed by atoms with Gasteiger partial charge in [-0.05, 0) is 37.1 Å². The Balaban J connectivity index is 2.75. The SMILES string of the molecule is COC[C@H](C)N=C(N)SCc1cc(OC)c(OC)cc1C. The number of benzene rings is 1. The van der Waals surface area contributed by atoms with Crippen molar-refractivity contribution in [2.45, 2.75) is 25.6 Å². The minimum absolute atomic E-state index is 0.0639. The standard InChI is InChI=1S/C15H24N2O3S/c1-10-6-13(19-4)14(20-5)7-12(10)9-21-15(16)17-11(2)8-18-3/h6-7,11H,8-9H2,1-5H3,(H2,16,17)/t11-/m0/s1. The average Bonchev–Trinajstić information content (AvgIpc) is 2.45. The number of nitrogens with zero attached hydrogens (tertiary/aromatic N) is 1. The van der Waals surface area contributed by atoms with E-state index in [4.69, 9.17) is 19.9 Å². The first-order chi connectivity index (χ1) is 10.0. The van der Waals surface area contributed by atoms with E-state index in [2.05, 4.69) is 4.99 Å². The molecule has 1 aromatic rings. The van der Waals surface area contributed by atoms with Gasteiger partial charge < -0.3 is 19.9 Å². The molecule has 0 unspecified atom stereocenters. The van der Waals surface area contributed by atoms with Gasteiger partial charge in [-0.15, -0.1) is 0 Å².